The van der Waals surface area contributed by atoms with Crippen molar-refractivity contribution in [3.05, 3.63) is 0 Å². The average Bonchev–Trinajstić information content (AvgIpc) is 2.24. The summed E-state index contributed by atoms with van der Waals surface area (Å²) in [6.45, 7) is -0.00230. The average molecular weight is 266 g/mol. The van der Waals surface area contributed by atoms with Crippen molar-refractivity contribution >= 4 is 16.1 Å². The number of carbonyl (C=O) groups excluding carboxylic acids is 1. The quantitative estimate of drug-likeness (QED) is 0.423. The molecule has 1 fully saturated rings. The Bertz CT molecular complexity index is 342. The lowest BCUT2D eigenvalue weighted by Crippen LogP contribution is -2.26. The highest BCUT2D eigenvalue weighted by atomic mass is 32.2. The van der Waals surface area contributed by atoms with Gasteiger partial charge in [0, 0.05) is 0 Å². The summed E-state index contributed by atoms with van der Waals surface area (Å²) in [5.41, 5.74) is 0. The second-order valence-electron chi connectivity index (χ2n) is 4.31. The van der Waals surface area contributed by atoms with Crippen LogP contribution in [0.15, 0.2) is 0 Å². The third kappa shape index (κ3) is 5.99. The first-order chi connectivity index (χ1) is 7.88. The molecule has 0 unspecified atom stereocenters. The van der Waals surface area contributed by atoms with Gasteiger partial charge < -0.3 is 9.84 Å². The first kappa shape index (κ1) is 14.4. The summed E-state index contributed by atoms with van der Waals surface area (Å²) in [6.07, 6.45) is 2.20. The first-order valence-electron chi connectivity index (χ1n) is 5.68. The number of aliphatic hydroxyl groups excluding tert-OH is 1. The lowest BCUT2D eigenvalue weighted by Gasteiger charge is -2.23. The van der Waals surface area contributed by atoms with Gasteiger partial charge in [0.15, 0.2) is 0 Å². The van der Waals surface area contributed by atoms with Crippen LogP contribution in [0.25, 0.3) is 0 Å². The number of hydrogen-bond acceptors (Lipinski definition) is 5. The normalized spacial score (nSPS) is 25.5. The fourth-order valence-corrected chi connectivity index (χ4v) is 2.33. The van der Waals surface area contributed by atoms with Crippen LogP contribution in [-0.4, -0.2) is 42.5 Å². The fraction of sp³-hybridized carbons (Fsp3) is 0.900. The van der Waals surface area contributed by atoms with Gasteiger partial charge in [-0.05, 0) is 32.1 Å². The smallest absolute Gasteiger partial charge is 0.308 e. The first-order valence-corrected chi connectivity index (χ1v) is 7.29. The van der Waals surface area contributed by atoms with Gasteiger partial charge in [-0.15, -0.1) is 0 Å². The van der Waals surface area contributed by atoms with Crippen molar-refractivity contribution < 1.29 is 27.6 Å². The van der Waals surface area contributed by atoms with Gasteiger partial charge in [-0.3, -0.25) is 9.35 Å². The Kier molecular flexibility index (Phi) is 5.35. The predicted molar refractivity (Wildman–Crippen MR) is 60.0 cm³/mol. The van der Waals surface area contributed by atoms with Crippen LogP contribution in [0.2, 0.25) is 0 Å². The SMILES string of the molecule is O=C(OCCCS(=O)(=O)O)C1CCC(O)CC1. The number of esters is 1. The molecule has 1 rings (SSSR count). The van der Waals surface area contributed by atoms with E-state index in [1.165, 1.54) is 0 Å². The highest BCUT2D eigenvalue weighted by molar-refractivity contribution is 7.85. The Labute approximate surface area is 101 Å². The van der Waals surface area contributed by atoms with Gasteiger partial charge in [-0.1, -0.05) is 0 Å². The molecule has 0 aromatic carbocycles. The zero-order chi connectivity index (χ0) is 12.9. The zero-order valence-electron chi connectivity index (χ0n) is 9.54. The van der Waals surface area contributed by atoms with Crippen molar-refractivity contribution in [2.24, 2.45) is 5.92 Å². The Hall–Kier alpha value is -0.660. The maximum absolute atomic E-state index is 11.5. The highest BCUT2D eigenvalue weighted by Crippen LogP contribution is 2.25. The van der Waals surface area contributed by atoms with Crippen molar-refractivity contribution in [1.82, 2.24) is 0 Å². The second kappa shape index (κ2) is 6.32. The number of rotatable bonds is 5. The third-order valence-electron chi connectivity index (χ3n) is 2.82. The lowest BCUT2D eigenvalue weighted by atomic mass is 9.87. The van der Waals surface area contributed by atoms with E-state index in [1.54, 1.807) is 0 Å². The van der Waals surface area contributed by atoms with E-state index >= 15 is 0 Å². The van der Waals surface area contributed by atoms with Crippen LogP contribution in [0.5, 0.6) is 0 Å². The minimum atomic E-state index is -3.98. The van der Waals surface area contributed by atoms with Crippen molar-refractivity contribution in [2.45, 2.75) is 38.2 Å². The highest BCUT2D eigenvalue weighted by Gasteiger charge is 2.26. The van der Waals surface area contributed by atoms with E-state index in [0.717, 1.165) is 0 Å². The molecule has 0 aliphatic heterocycles. The van der Waals surface area contributed by atoms with Crippen LogP contribution < -0.4 is 0 Å². The van der Waals surface area contributed by atoms with Gasteiger partial charge in [-0.2, -0.15) is 8.42 Å². The Morgan fingerprint density at radius 2 is 1.82 bits per heavy atom. The lowest BCUT2D eigenvalue weighted by molar-refractivity contribution is -0.150. The molecule has 1 aliphatic rings. The Morgan fingerprint density at radius 3 is 2.35 bits per heavy atom. The molecular weight excluding hydrogens is 248 g/mol. The molecule has 0 radical (unpaired) electrons. The van der Waals surface area contributed by atoms with Crippen LogP contribution in [0.4, 0.5) is 0 Å². The van der Waals surface area contributed by atoms with E-state index in [-0.39, 0.29) is 31.0 Å². The molecule has 0 amide bonds. The van der Waals surface area contributed by atoms with Crippen LogP contribution in [0.3, 0.4) is 0 Å². The van der Waals surface area contributed by atoms with E-state index in [4.69, 9.17) is 9.29 Å². The molecule has 0 bridgehead atoms. The molecule has 6 nitrogen and oxygen atoms in total. The van der Waals surface area contributed by atoms with Crippen molar-refractivity contribution in [2.75, 3.05) is 12.4 Å². The monoisotopic (exact) mass is 266 g/mol. The number of hydrogen-bond donors (Lipinski definition) is 2. The minimum absolute atomic E-state index is 0.00230. The third-order valence-corrected chi connectivity index (χ3v) is 3.63. The number of ether oxygens (including phenoxy) is 1. The molecule has 0 atom stereocenters. The van der Waals surface area contributed by atoms with Gasteiger partial charge in [0.1, 0.15) is 0 Å². The molecule has 0 saturated heterocycles. The molecule has 0 spiro atoms. The summed E-state index contributed by atoms with van der Waals surface area (Å²) >= 11 is 0. The van der Waals surface area contributed by atoms with Gasteiger partial charge >= 0.3 is 5.97 Å². The van der Waals surface area contributed by atoms with E-state index in [2.05, 4.69) is 0 Å². The molecule has 1 saturated carbocycles. The second-order valence-corrected chi connectivity index (χ2v) is 5.88. The van der Waals surface area contributed by atoms with E-state index in [9.17, 15) is 18.3 Å². The van der Waals surface area contributed by atoms with E-state index in [0.29, 0.717) is 25.7 Å². The Balaban J connectivity index is 2.17. The molecule has 100 valence electrons. The summed E-state index contributed by atoms with van der Waals surface area (Å²) in [4.78, 5) is 11.5. The molecule has 17 heavy (non-hydrogen) atoms. The molecule has 0 heterocycles. The van der Waals surface area contributed by atoms with Crippen molar-refractivity contribution in [3.63, 3.8) is 0 Å². The van der Waals surface area contributed by atoms with Gasteiger partial charge in [0.2, 0.25) is 0 Å². The fourth-order valence-electron chi connectivity index (χ4n) is 1.84. The van der Waals surface area contributed by atoms with Crippen molar-refractivity contribution in [1.29, 1.82) is 0 Å². The molecule has 1 aliphatic carbocycles. The van der Waals surface area contributed by atoms with Crippen LogP contribution in [0.1, 0.15) is 32.1 Å². The van der Waals surface area contributed by atoms with Gasteiger partial charge in [0.05, 0.1) is 24.4 Å². The summed E-state index contributed by atoms with van der Waals surface area (Å²) < 4.78 is 34.2. The van der Waals surface area contributed by atoms with Crippen LogP contribution >= 0.6 is 0 Å². The molecular formula is C10H18O6S. The summed E-state index contributed by atoms with van der Waals surface area (Å²) in [7, 11) is -3.98. The van der Waals surface area contributed by atoms with Gasteiger partial charge in [-0.25, -0.2) is 0 Å². The van der Waals surface area contributed by atoms with E-state index in [1.807, 2.05) is 0 Å². The number of aliphatic hydroxyl groups is 1. The van der Waals surface area contributed by atoms with E-state index < -0.39 is 15.9 Å². The Morgan fingerprint density at radius 1 is 1.24 bits per heavy atom. The molecule has 0 aromatic heterocycles. The maximum atomic E-state index is 11.5. The van der Waals surface area contributed by atoms with Crippen LogP contribution in [-0.2, 0) is 19.6 Å². The largest absolute Gasteiger partial charge is 0.465 e. The predicted octanol–water partition coefficient (Wildman–Crippen LogP) is 0.359. The maximum Gasteiger partial charge on any atom is 0.308 e. The molecule has 0 aromatic rings. The molecule has 2 N–H and O–H groups in total. The summed E-state index contributed by atoms with van der Waals surface area (Å²) in [5, 5.41) is 9.27. The van der Waals surface area contributed by atoms with Gasteiger partial charge in [0.25, 0.3) is 10.1 Å². The summed E-state index contributed by atoms with van der Waals surface area (Å²) in [6, 6.07) is 0. The van der Waals surface area contributed by atoms with Crippen molar-refractivity contribution in [3.8, 4) is 0 Å². The standard InChI is InChI=1S/C10H18O6S/c11-9-4-2-8(3-5-9)10(12)16-6-1-7-17(13,14)15/h8-9,11H,1-7H2,(H,13,14,15). The summed E-state index contributed by atoms with van der Waals surface area (Å²) in [5.74, 6) is -0.930. The zero-order valence-corrected chi connectivity index (χ0v) is 10.4. The minimum Gasteiger partial charge on any atom is -0.465 e. The topological polar surface area (TPSA) is 101 Å². The molecule has 7 heteroatoms. The van der Waals surface area contributed by atoms with Crippen LogP contribution in [0, 0.1) is 5.92 Å². The number of carbonyl (C=O) groups is 1.